The summed E-state index contributed by atoms with van der Waals surface area (Å²) in [6.07, 6.45) is 11.4. The molecule has 22 heavy (non-hydrogen) atoms. The second kappa shape index (κ2) is 8.21. The lowest BCUT2D eigenvalue weighted by atomic mass is 9.76. The number of halogens is 2. The fourth-order valence-electron chi connectivity index (χ4n) is 4.40. The number of hydrogen-bond donors (Lipinski definition) is 0. The Balaban J connectivity index is 1.39. The summed E-state index contributed by atoms with van der Waals surface area (Å²) in [7, 11) is -0.776. The first-order chi connectivity index (χ1) is 10.7. The minimum absolute atomic E-state index is 0.770. The lowest BCUT2D eigenvalue weighted by Crippen LogP contribution is -2.18. The first-order valence-electron chi connectivity index (χ1n) is 9.10. The minimum atomic E-state index is -0.776. The van der Waals surface area contributed by atoms with Crippen molar-refractivity contribution in [3.63, 3.8) is 0 Å². The molecule has 0 radical (unpaired) electrons. The van der Waals surface area contributed by atoms with Gasteiger partial charge in [-0.3, -0.25) is 0 Å². The second-order valence-electron chi connectivity index (χ2n) is 7.46. The summed E-state index contributed by atoms with van der Waals surface area (Å²) < 4.78 is 0. The van der Waals surface area contributed by atoms with Crippen LogP contribution in [0.25, 0.3) is 0 Å². The molecule has 1 heterocycles. The molecule has 0 unspecified atom stereocenters. The van der Waals surface area contributed by atoms with Crippen LogP contribution in [0.5, 0.6) is 0 Å². The van der Waals surface area contributed by atoms with Crippen LogP contribution in [0, 0.1) is 11.8 Å². The van der Waals surface area contributed by atoms with Crippen molar-refractivity contribution in [2.75, 3.05) is 0 Å². The molecular formula is C19H28Cl2Si. The fourth-order valence-corrected chi connectivity index (χ4v) is 7.24. The average molecular weight is 355 g/mol. The molecule has 1 saturated carbocycles. The van der Waals surface area contributed by atoms with Gasteiger partial charge >= 0.3 is 0 Å². The van der Waals surface area contributed by atoms with Crippen LogP contribution < -0.4 is 0 Å². The second-order valence-corrected chi connectivity index (χ2v) is 12.1. The van der Waals surface area contributed by atoms with E-state index in [1.54, 1.807) is 0 Å². The highest BCUT2D eigenvalue weighted by molar-refractivity contribution is 7.07. The lowest BCUT2D eigenvalue weighted by molar-refractivity contribution is 0.280. The maximum Gasteiger partial charge on any atom is 0.141 e. The average Bonchev–Trinajstić information content (AvgIpc) is 2.56. The van der Waals surface area contributed by atoms with E-state index >= 15 is 0 Å². The van der Waals surface area contributed by atoms with E-state index in [0.29, 0.717) is 0 Å². The fraction of sp³-hybridized carbons (Fsp3) is 0.684. The molecule has 0 N–H and O–H groups in total. The molecule has 1 aliphatic carbocycles. The van der Waals surface area contributed by atoms with Crippen LogP contribution in [0.3, 0.4) is 0 Å². The van der Waals surface area contributed by atoms with Gasteiger partial charge in [-0.1, -0.05) is 49.4 Å². The third-order valence-corrected chi connectivity index (χ3v) is 9.43. The Bertz CT molecular complexity index is 443. The SMILES string of the molecule is Clc1ccc([C@H]2CC[C@H](CCC3CC[SiH](Cl)CC3)CC2)cc1. The highest BCUT2D eigenvalue weighted by atomic mass is 35.6. The van der Waals surface area contributed by atoms with Crippen LogP contribution >= 0.6 is 22.7 Å². The maximum absolute atomic E-state index is 6.35. The molecule has 2 aliphatic rings. The van der Waals surface area contributed by atoms with Crippen LogP contribution in [0.4, 0.5) is 0 Å². The molecule has 2 fully saturated rings. The summed E-state index contributed by atoms with van der Waals surface area (Å²) in [5, 5.41) is 0.854. The monoisotopic (exact) mass is 354 g/mol. The van der Waals surface area contributed by atoms with Gasteiger partial charge in [0.15, 0.2) is 0 Å². The Kier molecular flexibility index (Phi) is 6.30. The van der Waals surface area contributed by atoms with Crippen molar-refractivity contribution >= 4 is 30.8 Å². The molecule has 3 heteroatoms. The molecule has 0 bridgehead atoms. The topological polar surface area (TPSA) is 0 Å². The van der Waals surface area contributed by atoms with Crippen LogP contribution in [-0.4, -0.2) is 8.11 Å². The van der Waals surface area contributed by atoms with Gasteiger partial charge in [-0.15, -0.1) is 0 Å². The lowest BCUT2D eigenvalue weighted by Gasteiger charge is -2.31. The van der Waals surface area contributed by atoms with Crippen molar-refractivity contribution in [2.45, 2.75) is 69.4 Å². The number of benzene rings is 1. The van der Waals surface area contributed by atoms with Crippen LogP contribution in [-0.2, 0) is 0 Å². The van der Waals surface area contributed by atoms with E-state index in [0.717, 1.165) is 22.8 Å². The molecule has 1 aliphatic heterocycles. The summed E-state index contributed by atoms with van der Waals surface area (Å²) >= 11 is 12.3. The zero-order valence-electron chi connectivity index (χ0n) is 13.4. The summed E-state index contributed by atoms with van der Waals surface area (Å²) in [5.41, 5.74) is 1.49. The molecule has 1 aromatic rings. The van der Waals surface area contributed by atoms with E-state index in [-0.39, 0.29) is 0 Å². The molecule has 0 amide bonds. The van der Waals surface area contributed by atoms with Gasteiger partial charge in [0, 0.05) is 5.02 Å². The largest absolute Gasteiger partial charge is 0.172 e. The molecule has 0 nitrogen and oxygen atoms in total. The van der Waals surface area contributed by atoms with E-state index < -0.39 is 8.11 Å². The van der Waals surface area contributed by atoms with Gasteiger partial charge < -0.3 is 0 Å². The maximum atomic E-state index is 6.35. The van der Waals surface area contributed by atoms with Crippen molar-refractivity contribution in [1.29, 1.82) is 0 Å². The van der Waals surface area contributed by atoms with Crippen molar-refractivity contribution in [1.82, 2.24) is 0 Å². The Hall–Kier alpha value is 0.0169. The van der Waals surface area contributed by atoms with Crippen molar-refractivity contribution in [2.24, 2.45) is 11.8 Å². The first-order valence-corrected chi connectivity index (χ1v) is 12.9. The molecule has 0 atom stereocenters. The number of rotatable bonds is 4. The molecule has 1 saturated heterocycles. The molecular weight excluding hydrogens is 327 g/mol. The van der Waals surface area contributed by atoms with Gasteiger partial charge in [0.1, 0.15) is 8.11 Å². The molecule has 1 aromatic carbocycles. The zero-order chi connectivity index (χ0) is 15.4. The summed E-state index contributed by atoms with van der Waals surface area (Å²) in [6, 6.07) is 11.3. The van der Waals surface area contributed by atoms with Crippen LogP contribution in [0.1, 0.15) is 62.8 Å². The third-order valence-electron chi connectivity index (χ3n) is 5.95. The van der Waals surface area contributed by atoms with Gasteiger partial charge in [-0.2, -0.15) is 11.1 Å². The molecule has 122 valence electrons. The smallest absolute Gasteiger partial charge is 0.141 e. The van der Waals surface area contributed by atoms with E-state index in [2.05, 4.69) is 12.1 Å². The predicted molar refractivity (Wildman–Crippen MR) is 101 cm³/mol. The van der Waals surface area contributed by atoms with Gasteiger partial charge in [-0.25, -0.2) is 0 Å². The Morgan fingerprint density at radius 2 is 1.36 bits per heavy atom. The third kappa shape index (κ3) is 4.76. The first kappa shape index (κ1) is 16.9. The number of hydrogen-bond acceptors (Lipinski definition) is 0. The Labute approximate surface area is 146 Å². The van der Waals surface area contributed by atoms with Crippen LogP contribution in [0.2, 0.25) is 17.1 Å². The van der Waals surface area contributed by atoms with Crippen molar-refractivity contribution in [3.8, 4) is 0 Å². The van der Waals surface area contributed by atoms with E-state index in [4.69, 9.17) is 22.7 Å². The molecule has 0 aromatic heterocycles. The quantitative estimate of drug-likeness (QED) is 0.413. The normalized spacial score (nSPS) is 32.8. The molecule has 0 spiro atoms. The standard InChI is InChI=1S/C19H28Cl2Si/c20-19-9-7-18(8-10-19)17-5-3-15(4-6-17)1-2-16-11-13-22(21)14-12-16/h7-10,15-17,22H,1-6,11-14H2/t15-,16?,17-,22?. The predicted octanol–water partition coefficient (Wildman–Crippen LogP) is 6.77. The molecule has 3 rings (SSSR count). The van der Waals surface area contributed by atoms with Crippen molar-refractivity contribution < 1.29 is 0 Å². The van der Waals surface area contributed by atoms with Gasteiger partial charge in [0.25, 0.3) is 0 Å². The summed E-state index contributed by atoms with van der Waals surface area (Å²) in [6.45, 7) is 0. The van der Waals surface area contributed by atoms with E-state index in [9.17, 15) is 0 Å². The summed E-state index contributed by atoms with van der Waals surface area (Å²) in [4.78, 5) is 0. The van der Waals surface area contributed by atoms with E-state index in [1.807, 2.05) is 12.1 Å². The van der Waals surface area contributed by atoms with Crippen LogP contribution in [0.15, 0.2) is 24.3 Å². The van der Waals surface area contributed by atoms with E-state index in [1.165, 1.54) is 69.0 Å². The zero-order valence-corrected chi connectivity index (χ0v) is 16.1. The Morgan fingerprint density at radius 1 is 0.818 bits per heavy atom. The van der Waals surface area contributed by atoms with Crippen molar-refractivity contribution in [3.05, 3.63) is 34.9 Å². The highest BCUT2D eigenvalue weighted by Crippen LogP contribution is 2.39. The van der Waals surface area contributed by atoms with Gasteiger partial charge in [0.2, 0.25) is 0 Å². The Morgan fingerprint density at radius 3 is 1.95 bits per heavy atom. The minimum Gasteiger partial charge on any atom is -0.172 e. The van der Waals surface area contributed by atoms with Gasteiger partial charge in [0.05, 0.1) is 0 Å². The summed E-state index contributed by atoms with van der Waals surface area (Å²) in [5.74, 6) is 2.75. The highest BCUT2D eigenvalue weighted by Gasteiger charge is 2.25. The van der Waals surface area contributed by atoms with Gasteiger partial charge in [-0.05, 0) is 73.2 Å².